The van der Waals surface area contributed by atoms with Crippen LogP contribution in [0.5, 0.6) is 0 Å². The van der Waals surface area contributed by atoms with E-state index in [1.54, 1.807) is 12.1 Å². The summed E-state index contributed by atoms with van der Waals surface area (Å²) < 4.78 is 31.5. The van der Waals surface area contributed by atoms with Crippen LogP contribution in [0.4, 0.5) is 14.5 Å². The Labute approximate surface area is 136 Å². The van der Waals surface area contributed by atoms with Gasteiger partial charge in [-0.3, -0.25) is 0 Å². The van der Waals surface area contributed by atoms with E-state index in [0.717, 1.165) is 14.6 Å². The maximum atomic E-state index is 12.1. The number of para-hydroxylation sites is 1. The van der Waals surface area contributed by atoms with E-state index >= 15 is 0 Å². The lowest BCUT2D eigenvalue weighted by molar-refractivity contribution is 0.251. The van der Waals surface area contributed by atoms with Crippen LogP contribution in [0.1, 0.15) is 11.5 Å². The molecule has 20 heavy (non-hydrogen) atoms. The minimum Gasteiger partial charge on any atom is -0.463 e. The Morgan fingerprint density at radius 1 is 1.10 bits per heavy atom. The summed E-state index contributed by atoms with van der Waals surface area (Å²) in [5, 5.41) is 3.23. The fourth-order valence-electron chi connectivity index (χ4n) is 1.58. The fraction of sp³-hybridized carbons (Fsp3) is 0.231. The number of furan rings is 1. The van der Waals surface area contributed by atoms with Gasteiger partial charge in [-0.1, -0.05) is 17.8 Å². The number of thioether (sulfide) groups is 1. The van der Waals surface area contributed by atoms with Gasteiger partial charge in [-0.2, -0.15) is 8.78 Å². The number of anilines is 1. The molecular weight excluding hydrogens is 416 g/mol. The molecule has 0 bridgehead atoms. The Morgan fingerprint density at radius 3 is 2.40 bits per heavy atom. The highest BCUT2D eigenvalue weighted by molar-refractivity contribution is 9.11. The highest BCUT2D eigenvalue weighted by Crippen LogP contribution is 2.31. The van der Waals surface area contributed by atoms with Crippen LogP contribution < -0.4 is 5.32 Å². The molecule has 0 spiro atoms. The molecule has 7 heteroatoms. The van der Waals surface area contributed by atoms with Crippen molar-refractivity contribution in [2.24, 2.45) is 0 Å². The quantitative estimate of drug-likeness (QED) is 0.624. The normalized spacial score (nSPS) is 11.1. The van der Waals surface area contributed by atoms with Gasteiger partial charge in [-0.05, 0) is 56.1 Å². The molecule has 0 atom stereocenters. The predicted molar refractivity (Wildman–Crippen MR) is 85.2 cm³/mol. The Balaban J connectivity index is 1.94. The Kier molecular flexibility index (Phi) is 5.92. The summed E-state index contributed by atoms with van der Waals surface area (Å²) in [6.45, 7) is 0.487. The molecule has 0 saturated carbocycles. The molecule has 2 aromatic rings. The van der Waals surface area contributed by atoms with Gasteiger partial charge in [0.2, 0.25) is 0 Å². The van der Waals surface area contributed by atoms with Crippen molar-refractivity contribution in [3.05, 3.63) is 50.8 Å². The standard InChI is InChI=1S/C13H11Br2F2NOS/c14-10-2-1-3-11(15)12(10)18-6-8-4-5-9(19-8)7-20-13(16)17/h1-5,13,18H,6-7H2. The van der Waals surface area contributed by atoms with E-state index in [1.165, 1.54) is 0 Å². The summed E-state index contributed by atoms with van der Waals surface area (Å²) in [7, 11) is 0. The van der Waals surface area contributed by atoms with Crippen LogP contribution in [-0.2, 0) is 12.3 Å². The lowest BCUT2D eigenvalue weighted by atomic mass is 10.3. The molecule has 0 radical (unpaired) electrons. The number of benzene rings is 1. The first-order valence-corrected chi connectivity index (χ1v) is 8.35. The number of hydrogen-bond acceptors (Lipinski definition) is 3. The van der Waals surface area contributed by atoms with Gasteiger partial charge in [0.15, 0.2) is 0 Å². The molecule has 1 aromatic heterocycles. The van der Waals surface area contributed by atoms with Gasteiger partial charge in [0.05, 0.1) is 18.0 Å². The number of rotatable bonds is 6. The van der Waals surface area contributed by atoms with Crippen LogP contribution in [0.25, 0.3) is 0 Å². The molecule has 2 rings (SSSR count). The summed E-state index contributed by atoms with van der Waals surface area (Å²) >= 11 is 7.47. The van der Waals surface area contributed by atoms with Crippen molar-refractivity contribution in [1.29, 1.82) is 0 Å². The second-order valence-corrected chi connectivity index (χ2v) is 6.58. The highest BCUT2D eigenvalue weighted by atomic mass is 79.9. The Morgan fingerprint density at radius 2 is 1.75 bits per heavy atom. The van der Waals surface area contributed by atoms with Crippen LogP contribution in [0, 0.1) is 0 Å². The van der Waals surface area contributed by atoms with E-state index in [0.29, 0.717) is 29.8 Å². The molecule has 0 fully saturated rings. The minimum absolute atomic E-state index is 0.177. The number of halogens is 4. The van der Waals surface area contributed by atoms with Crippen molar-refractivity contribution >= 4 is 49.3 Å². The SMILES string of the molecule is FC(F)SCc1ccc(CNc2c(Br)cccc2Br)o1. The van der Waals surface area contributed by atoms with Gasteiger partial charge in [0, 0.05) is 8.95 Å². The number of alkyl halides is 2. The molecule has 0 amide bonds. The first-order chi connectivity index (χ1) is 9.56. The molecule has 1 N–H and O–H groups in total. The molecule has 1 aromatic carbocycles. The molecular formula is C13H11Br2F2NOS. The van der Waals surface area contributed by atoms with E-state index < -0.39 is 5.76 Å². The lowest BCUT2D eigenvalue weighted by Gasteiger charge is -2.09. The molecule has 1 heterocycles. The average Bonchev–Trinajstić information content (AvgIpc) is 2.84. The first kappa shape index (κ1) is 15.9. The number of nitrogens with one attached hydrogen (secondary N) is 1. The van der Waals surface area contributed by atoms with E-state index in [2.05, 4.69) is 37.2 Å². The van der Waals surface area contributed by atoms with Crippen molar-refractivity contribution < 1.29 is 13.2 Å². The summed E-state index contributed by atoms with van der Waals surface area (Å²) in [5.74, 6) is -0.940. The largest absolute Gasteiger partial charge is 0.463 e. The maximum Gasteiger partial charge on any atom is 0.284 e. The highest BCUT2D eigenvalue weighted by Gasteiger charge is 2.08. The van der Waals surface area contributed by atoms with Gasteiger partial charge in [0.1, 0.15) is 11.5 Å². The van der Waals surface area contributed by atoms with Crippen LogP contribution in [0.3, 0.4) is 0 Å². The zero-order chi connectivity index (χ0) is 14.5. The lowest BCUT2D eigenvalue weighted by Crippen LogP contribution is -1.99. The first-order valence-electron chi connectivity index (χ1n) is 5.71. The Bertz CT molecular complexity index is 557. The molecule has 0 aliphatic heterocycles. The van der Waals surface area contributed by atoms with Crippen molar-refractivity contribution in [1.82, 2.24) is 0 Å². The third-order valence-corrected chi connectivity index (χ3v) is 4.50. The molecule has 2 nitrogen and oxygen atoms in total. The van der Waals surface area contributed by atoms with E-state index in [-0.39, 0.29) is 5.75 Å². The third kappa shape index (κ3) is 4.49. The third-order valence-electron chi connectivity index (χ3n) is 2.47. The monoisotopic (exact) mass is 425 g/mol. The predicted octanol–water partition coefficient (Wildman–Crippen LogP) is 5.87. The Hall–Kier alpha value is -0.530. The van der Waals surface area contributed by atoms with E-state index in [1.807, 2.05) is 18.2 Å². The van der Waals surface area contributed by atoms with E-state index in [4.69, 9.17) is 4.42 Å². The maximum absolute atomic E-state index is 12.1. The van der Waals surface area contributed by atoms with Crippen molar-refractivity contribution in [2.75, 3.05) is 5.32 Å². The van der Waals surface area contributed by atoms with Gasteiger partial charge in [0.25, 0.3) is 5.76 Å². The second kappa shape index (κ2) is 7.47. The van der Waals surface area contributed by atoms with Crippen LogP contribution in [-0.4, -0.2) is 5.76 Å². The van der Waals surface area contributed by atoms with Gasteiger partial charge < -0.3 is 9.73 Å². The average molecular weight is 427 g/mol. The summed E-state index contributed by atoms with van der Waals surface area (Å²) in [5.41, 5.74) is 0.924. The van der Waals surface area contributed by atoms with Crippen molar-refractivity contribution in [2.45, 2.75) is 18.1 Å². The number of hydrogen-bond donors (Lipinski definition) is 1. The fourth-order valence-corrected chi connectivity index (χ4v) is 3.31. The minimum atomic E-state index is -2.38. The zero-order valence-electron chi connectivity index (χ0n) is 10.2. The summed E-state index contributed by atoms with van der Waals surface area (Å²) in [4.78, 5) is 0. The topological polar surface area (TPSA) is 25.2 Å². The van der Waals surface area contributed by atoms with Gasteiger partial charge in [-0.25, -0.2) is 0 Å². The summed E-state index contributed by atoms with van der Waals surface area (Å²) in [6, 6.07) is 9.30. The molecule has 0 aliphatic carbocycles. The molecule has 0 saturated heterocycles. The van der Waals surface area contributed by atoms with Crippen molar-refractivity contribution in [3.8, 4) is 0 Å². The smallest absolute Gasteiger partial charge is 0.284 e. The second-order valence-electron chi connectivity index (χ2n) is 3.89. The van der Waals surface area contributed by atoms with Gasteiger partial charge in [-0.15, -0.1) is 0 Å². The van der Waals surface area contributed by atoms with Crippen molar-refractivity contribution in [3.63, 3.8) is 0 Å². The van der Waals surface area contributed by atoms with Crippen LogP contribution >= 0.6 is 43.6 Å². The molecule has 0 aliphatic rings. The van der Waals surface area contributed by atoms with Crippen LogP contribution in [0.15, 0.2) is 43.7 Å². The van der Waals surface area contributed by atoms with Crippen LogP contribution in [0.2, 0.25) is 0 Å². The zero-order valence-corrected chi connectivity index (χ0v) is 14.2. The molecule has 108 valence electrons. The molecule has 0 unspecified atom stereocenters. The summed E-state index contributed by atoms with van der Waals surface area (Å²) in [6.07, 6.45) is 0. The van der Waals surface area contributed by atoms with E-state index in [9.17, 15) is 8.78 Å². The van der Waals surface area contributed by atoms with Gasteiger partial charge >= 0.3 is 0 Å².